The van der Waals surface area contributed by atoms with E-state index in [-0.39, 0.29) is 0 Å². The third-order valence-electron chi connectivity index (χ3n) is 5.15. The molecule has 1 aromatic heterocycles. The number of hydrogen-bond acceptors (Lipinski definition) is 4. The zero-order chi connectivity index (χ0) is 19.8. The number of guanidine groups is 1. The van der Waals surface area contributed by atoms with Crippen molar-refractivity contribution >= 4 is 17.3 Å². The largest absolute Gasteiger partial charge is 0.357 e. The van der Waals surface area contributed by atoms with E-state index in [0.29, 0.717) is 13.1 Å². The molecular formula is C22H33N5S. The quantitative estimate of drug-likeness (QED) is 0.547. The van der Waals surface area contributed by atoms with Crippen LogP contribution in [0.15, 0.2) is 35.5 Å². The molecule has 3 rings (SSSR count). The van der Waals surface area contributed by atoms with Crippen LogP contribution in [0.3, 0.4) is 0 Å². The number of rotatable bonds is 7. The van der Waals surface area contributed by atoms with Crippen LogP contribution in [-0.4, -0.2) is 35.5 Å². The maximum absolute atomic E-state index is 4.72. The summed E-state index contributed by atoms with van der Waals surface area (Å²) in [6, 6.07) is 8.92. The minimum atomic E-state index is 0.674. The fourth-order valence-electron chi connectivity index (χ4n) is 3.38. The van der Waals surface area contributed by atoms with Crippen molar-refractivity contribution < 1.29 is 0 Å². The highest BCUT2D eigenvalue weighted by Crippen LogP contribution is 2.18. The molecule has 152 valence electrons. The summed E-state index contributed by atoms with van der Waals surface area (Å²) in [5.74, 6) is 1.72. The average molecular weight is 400 g/mol. The molecule has 0 amide bonds. The summed E-state index contributed by atoms with van der Waals surface area (Å²) >= 11 is 1.72. The van der Waals surface area contributed by atoms with Gasteiger partial charge in [0.15, 0.2) is 5.96 Å². The van der Waals surface area contributed by atoms with Gasteiger partial charge in [0.1, 0.15) is 5.01 Å². The van der Waals surface area contributed by atoms with E-state index in [1.54, 1.807) is 11.3 Å². The van der Waals surface area contributed by atoms with Crippen LogP contribution < -0.4 is 10.6 Å². The van der Waals surface area contributed by atoms with Crippen molar-refractivity contribution in [2.24, 2.45) is 10.9 Å². The highest BCUT2D eigenvalue weighted by atomic mass is 32.1. The van der Waals surface area contributed by atoms with Gasteiger partial charge in [0.25, 0.3) is 0 Å². The van der Waals surface area contributed by atoms with E-state index in [2.05, 4.69) is 65.6 Å². The minimum Gasteiger partial charge on any atom is -0.357 e. The molecule has 1 saturated heterocycles. The number of piperidine rings is 1. The van der Waals surface area contributed by atoms with Crippen molar-refractivity contribution in [3.05, 3.63) is 51.5 Å². The lowest BCUT2D eigenvalue weighted by atomic mass is 9.99. The molecule has 0 aliphatic carbocycles. The van der Waals surface area contributed by atoms with Crippen molar-refractivity contribution in [3.63, 3.8) is 0 Å². The van der Waals surface area contributed by atoms with Crippen LogP contribution in [0.2, 0.25) is 0 Å². The molecule has 0 unspecified atom stereocenters. The number of thiazole rings is 1. The number of aliphatic imine (C=N–C) groups is 1. The Morgan fingerprint density at radius 3 is 2.54 bits per heavy atom. The Morgan fingerprint density at radius 2 is 1.89 bits per heavy atom. The number of hydrogen-bond donors (Lipinski definition) is 2. The van der Waals surface area contributed by atoms with Crippen LogP contribution in [-0.2, 0) is 19.6 Å². The van der Waals surface area contributed by atoms with Crippen molar-refractivity contribution in [2.75, 3.05) is 19.6 Å². The highest BCUT2D eigenvalue weighted by Gasteiger charge is 2.15. The van der Waals surface area contributed by atoms with Gasteiger partial charge < -0.3 is 10.6 Å². The fraction of sp³-hybridized carbons (Fsp3) is 0.545. The van der Waals surface area contributed by atoms with E-state index in [1.165, 1.54) is 41.9 Å². The molecular weight excluding hydrogens is 366 g/mol. The number of nitrogens with one attached hydrogen (secondary N) is 2. The molecule has 2 heterocycles. The molecule has 1 fully saturated rings. The Kier molecular flexibility index (Phi) is 7.86. The molecule has 5 nitrogen and oxygen atoms in total. The molecule has 28 heavy (non-hydrogen) atoms. The smallest absolute Gasteiger partial charge is 0.191 e. The second kappa shape index (κ2) is 10.6. The first-order chi connectivity index (χ1) is 13.6. The first-order valence-electron chi connectivity index (χ1n) is 10.4. The van der Waals surface area contributed by atoms with Crippen molar-refractivity contribution in [1.82, 2.24) is 20.5 Å². The summed E-state index contributed by atoms with van der Waals surface area (Å²) in [6.45, 7) is 12.3. The van der Waals surface area contributed by atoms with Gasteiger partial charge in [0.05, 0.1) is 13.1 Å². The molecule has 0 spiro atoms. The predicted molar refractivity (Wildman–Crippen MR) is 119 cm³/mol. The Balaban J connectivity index is 1.50. The normalized spacial score (nSPS) is 16.3. The van der Waals surface area contributed by atoms with Crippen LogP contribution in [0, 0.1) is 12.8 Å². The molecule has 6 heteroatoms. The van der Waals surface area contributed by atoms with Gasteiger partial charge in [-0.3, -0.25) is 4.90 Å². The number of aryl methyl sites for hydroxylation is 1. The second-order valence-corrected chi connectivity index (χ2v) is 9.01. The summed E-state index contributed by atoms with van der Waals surface area (Å²) in [4.78, 5) is 12.9. The van der Waals surface area contributed by atoms with Gasteiger partial charge in [-0.05, 0) is 56.8 Å². The maximum Gasteiger partial charge on any atom is 0.191 e. The van der Waals surface area contributed by atoms with Crippen LogP contribution in [0.4, 0.5) is 0 Å². The SMILES string of the molecule is CCNC(=NCc1ccc(CN2CCC(C)CC2)cc1)NCc1ncc(C)s1. The lowest BCUT2D eigenvalue weighted by molar-refractivity contribution is 0.185. The van der Waals surface area contributed by atoms with E-state index in [0.717, 1.165) is 30.0 Å². The predicted octanol–water partition coefficient (Wildman–Crippen LogP) is 3.94. The molecule has 1 aliphatic rings. The monoisotopic (exact) mass is 399 g/mol. The van der Waals surface area contributed by atoms with Gasteiger partial charge in [-0.25, -0.2) is 9.98 Å². The van der Waals surface area contributed by atoms with Crippen molar-refractivity contribution in [3.8, 4) is 0 Å². The summed E-state index contributed by atoms with van der Waals surface area (Å²) < 4.78 is 0. The molecule has 1 aromatic carbocycles. The third-order valence-corrected chi connectivity index (χ3v) is 6.06. The maximum atomic E-state index is 4.72. The van der Waals surface area contributed by atoms with Crippen LogP contribution >= 0.6 is 11.3 Å². The highest BCUT2D eigenvalue weighted by molar-refractivity contribution is 7.11. The molecule has 2 aromatic rings. The van der Waals surface area contributed by atoms with E-state index >= 15 is 0 Å². The van der Waals surface area contributed by atoms with Gasteiger partial charge in [-0.2, -0.15) is 0 Å². The number of likely N-dealkylation sites (tertiary alicyclic amines) is 1. The fourth-order valence-corrected chi connectivity index (χ4v) is 4.11. The van der Waals surface area contributed by atoms with E-state index in [9.17, 15) is 0 Å². The molecule has 0 atom stereocenters. The Morgan fingerprint density at radius 1 is 1.18 bits per heavy atom. The second-order valence-electron chi connectivity index (χ2n) is 7.69. The molecule has 0 bridgehead atoms. The summed E-state index contributed by atoms with van der Waals surface area (Å²) in [7, 11) is 0. The zero-order valence-corrected chi connectivity index (χ0v) is 18.2. The number of nitrogens with zero attached hydrogens (tertiary/aromatic N) is 3. The van der Waals surface area contributed by atoms with Gasteiger partial charge in [-0.1, -0.05) is 31.2 Å². The Bertz CT molecular complexity index is 745. The van der Waals surface area contributed by atoms with E-state index in [1.807, 2.05) is 6.20 Å². The van der Waals surface area contributed by atoms with Crippen LogP contribution in [0.5, 0.6) is 0 Å². The number of aromatic nitrogens is 1. The first kappa shape index (κ1) is 20.8. The molecule has 2 N–H and O–H groups in total. The van der Waals surface area contributed by atoms with Crippen LogP contribution in [0.25, 0.3) is 0 Å². The van der Waals surface area contributed by atoms with E-state index < -0.39 is 0 Å². The minimum absolute atomic E-state index is 0.674. The van der Waals surface area contributed by atoms with Crippen molar-refractivity contribution in [2.45, 2.75) is 53.2 Å². The molecule has 0 saturated carbocycles. The first-order valence-corrected chi connectivity index (χ1v) is 11.2. The zero-order valence-electron chi connectivity index (χ0n) is 17.4. The lowest BCUT2D eigenvalue weighted by Crippen LogP contribution is -2.36. The van der Waals surface area contributed by atoms with Crippen LogP contribution in [0.1, 0.15) is 47.7 Å². The number of benzene rings is 1. The van der Waals surface area contributed by atoms with Gasteiger partial charge in [0.2, 0.25) is 0 Å². The Hall–Kier alpha value is -1.92. The molecule has 0 radical (unpaired) electrons. The van der Waals surface area contributed by atoms with Gasteiger partial charge in [-0.15, -0.1) is 11.3 Å². The topological polar surface area (TPSA) is 52.6 Å². The van der Waals surface area contributed by atoms with Gasteiger partial charge >= 0.3 is 0 Å². The van der Waals surface area contributed by atoms with Crippen molar-refractivity contribution in [1.29, 1.82) is 0 Å². The third kappa shape index (κ3) is 6.60. The van der Waals surface area contributed by atoms with E-state index in [4.69, 9.17) is 4.99 Å². The standard InChI is InChI=1S/C22H33N5S/c1-4-23-22(26-15-21-24-13-18(3)28-21)25-14-19-5-7-20(8-6-19)16-27-11-9-17(2)10-12-27/h5-8,13,17H,4,9-12,14-16H2,1-3H3,(H2,23,25,26). The summed E-state index contributed by atoms with van der Waals surface area (Å²) in [5.41, 5.74) is 2.63. The lowest BCUT2D eigenvalue weighted by Gasteiger charge is -2.30. The average Bonchev–Trinajstić information content (AvgIpc) is 3.12. The summed E-state index contributed by atoms with van der Waals surface area (Å²) in [6.07, 6.45) is 4.57. The van der Waals surface area contributed by atoms with Gasteiger partial charge in [0, 0.05) is 24.2 Å². The molecule has 1 aliphatic heterocycles. The Labute approximate surface area is 173 Å². The summed E-state index contributed by atoms with van der Waals surface area (Å²) in [5, 5.41) is 7.76.